The molecular formula is C24H26N6O. The number of hydrogen-bond acceptors (Lipinski definition) is 4. The van der Waals surface area contributed by atoms with E-state index in [2.05, 4.69) is 79.4 Å². The Labute approximate surface area is 181 Å². The maximum Gasteiger partial charge on any atom is 0.211 e. The number of hydrogen-bond donors (Lipinski definition) is 2. The lowest BCUT2D eigenvalue weighted by Gasteiger charge is -2.32. The Morgan fingerprint density at radius 1 is 1.06 bits per heavy atom. The quantitative estimate of drug-likeness (QED) is 0.475. The number of aromatic amines is 1. The molecule has 0 aliphatic carbocycles. The van der Waals surface area contributed by atoms with Crippen LogP contribution in [0, 0.1) is 0 Å². The average molecular weight is 415 g/mol. The fourth-order valence-corrected chi connectivity index (χ4v) is 4.10. The van der Waals surface area contributed by atoms with Crippen molar-refractivity contribution in [3.63, 3.8) is 0 Å². The number of amides is 1. The highest BCUT2D eigenvalue weighted by Gasteiger charge is 2.14. The molecule has 1 aliphatic heterocycles. The summed E-state index contributed by atoms with van der Waals surface area (Å²) in [5.74, 6) is 0.782. The zero-order valence-corrected chi connectivity index (χ0v) is 17.6. The van der Waals surface area contributed by atoms with Crippen LogP contribution < -0.4 is 5.32 Å². The summed E-state index contributed by atoms with van der Waals surface area (Å²) in [6.07, 6.45) is 5.01. The molecule has 7 nitrogen and oxygen atoms in total. The first kappa shape index (κ1) is 19.5. The van der Waals surface area contributed by atoms with E-state index in [0.29, 0.717) is 12.1 Å². The van der Waals surface area contributed by atoms with Gasteiger partial charge in [-0.1, -0.05) is 6.07 Å². The van der Waals surface area contributed by atoms with Gasteiger partial charge in [-0.05, 0) is 55.1 Å². The van der Waals surface area contributed by atoms with Gasteiger partial charge in [-0.3, -0.25) is 9.69 Å². The summed E-state index contributed by atoms with van der Waals surface area (Å²) >= 11 is 0. The minimum absolute atomic E-state index is 0.674. The lowest BCUT2D eigenvalue weighted by molar-refractivity contribution is -0.105. The van der Waals surface area contributed by atoms with Crippen LogP contribution >= 0.6 is 0 Å². The number of carbonyl (C=O) groups excluding carboxylic acids is 1. The third kappa shape index (κ3) is 4.10. The predicted molar refractivity (Wildman–Crippen MR) is 123 cm³/mol. The summed E-state index contributed by atoms with van der Waals surface area (Å²) in [7, 11) is 2.18. The SMILES string of the molecule is CN1CCN(Cc2ccn(-c3ccc(-c4nc5c(NC=O)cccc5[nH]4)cc3)c2)CC1. The van der Waals surface area contributed by atoms with Crippen LogP contribution in [0.4, 0.5) is 5.69 Å². The molecule has 1 saturated heterocycles. The van der Waals surface area contributed by atoms with E-state index in [-0.39, 0.29) is 0 Å². The van der Waals surface area contributed by atoms with E-state index in [1.54, 1.807) is 0 Å². The number of fused-ring (bicyclic) bond motifs is 1. The first-order valence-electron chi connectivity index (χ1n) is 10.6. The summed E-state index contributed by atoms with van der Waals surface area (Å²) in [6, 6.07) is 16.2. The lowest BCUT2D eigenvalue weighted by Crippen LogP contribution is -2.43. The third-order valence-corrected chi connectivity index (χ3v) is 5.92. The van der Waals surface area contributed by atoms with E-state index >= 15 is 0 Å². The van der Waals surface area contributed by atoms with Crippen molar-refractivity contribution >= 4 is 23.1 Å². The highest BCUT2D eigenvalue weighted by molar-refractivity contribution is 5.94. The molecule has 3 heterocycles. The number of nitrogens with zero attached hydrogens (tertiary/aromatic N) is 4. The van der Waals surface area contributed by atoms with Crippen molar-refractivity contribution in [2.24, 2.45) is 0 Å². The monoisotopic (exact) mass is 414 g/mol. The number of benzene rings is 2. The number of para-hydroxylation sites is 1. The number of aromatic nitrogens is 3. The van der Waals surface area contributed by atoms with Crippen molar-refractivity contribution in [2.75, 3.05) is 38.5 Å². The number of anilines is 1. The number of nitrogens with one attached hydrogen (secondary N) is 2. The molecule has 0 unspecified atom stereocenters. The second kappa shape index (κ2) is 8.37. The van der Waals surface area contributed by atoms with Crippen LogP contribution in [-0.2, 0) is 11.3 Å². The first-order chi connectivity index (χ1) is 15.2. The Bertz CT molecular complexity index is 1180. The maximum atomic E-state index is 10.8. The zero-order chi connectivity index (χ0) is 21.2. The summed E-state index contributed by atoms with van der Waals surface area (Å²) < 4.78 is 2.17. The van der Waals surface area contributed by atoms with E-state index in [1.807, 2.05) is 18.2 Å². The van der Waals surface area contributed by atoms with Crippen molar-refractivity contribution in [2.45, 2.75) is 6.54 Å². The van der Waals surface area contributed by atoms with E-state index in [0.717, 1.165) is 60.8 Å². The van der Waals surface area contributed by atoms with Gasteiger partial charge in [0, 0.05) is 56.4 Å². The second-order valence-corrected chi connectivity index (χ2v) is 8.10. The molecule has 0 saturated carbocycles. The lowest BCUT2D eigenvalue weighted by atomic mass is 10.2. The fourth-order valence-electron chi connectivity index (χ4n) is 4.10. The van der Waals surface area contributed by atoms with Crippen molar-refractivity contribution in [1.29, 1.82) is 0 Å². The molecule has 1 fully saturated rings. The van der Waals surface area contributed by atoms with Gasteiger partial charge in [-0.25, -0.2) is 4.98 Å². The van der Waals surface area contributed by atoms with Crippen LogP contribution in [0.3, 0.4) is 0 Å². The van der Waals surface area contributed by atoms with Gasteiger partial charge in [0.25, 0.3) is 0 Å². The summed E-state index contributed by atoms with van der Waals surface area (Å²) in [4.78, 5) is 23.8. The van der Waals surface area contributed by atoms with Crippen molar-refractivity contribution in [3.8, 4) is 17.1 Å². The molecule has 5 rings (SSSR count). The van der Waals surface area contributed by atoms with Gasteiger partial charge in [-0.15, -0.1) is 0 Å². The highest BCUT2D eigenvalue weighted by Crippen LogP contribution is 2.26. The Morgan fingerprint density at radius 2 is 1.87 bits per heavy atom. The summed E-state index contributed by atoms with van der Waals surface area (Å²) in [6.45, 7) is 5.51. The minimum Gasteiger partial charge on any atom is -0.338 e. The molecule has 2 aromatic carbocycles. The predicted octanol–water partition coefficient (Wildman–Crippen LogP) is 3.34. The molecule has 158 valence electrons. The third-order valence-electron chi connectivity index (χ3n) is 5.92. The van der Waals surface area contributed by atoms with Gasteiger partial charge < -0.3 is 19.8 Å². The molecule has 1 aliphatic rings. The molecule has 0 bridgehead atoms. The van der Waals surface area contributed by atoms with Crippen molar-refractivity contribution in [3.05, 3.63) is 66.5 Å². The molecule has 31 heavy (non-hydrogen) atoms. The number of piperazine rings is 1. The Kier molecular flexibility index (Phi) is 5.28. The van der Waals surface area contributed by atoms with Crippen LogP contribution in [0.15, 0.2) is 60.9 Å². The van der Waals surface area contributed by atoms with E-state index in [4.69, 9.17) is 0 Å². The number of imidazole rings is 1. The molecule has 1 amide bonds. The Balaban J connectivity index is 1.32. The van der Waals surface area contributed by atoms with Gasteiger partial charge in [0.05, 0.1) is 11.2 Å². The summed E-state index contributed by atoms with van der Waals surface area (Å²) in [5, 5.41) is 2.71. The summed E-state index contributed by atoms with van der Waals surface area (Å²) in [5.41, 5.74) is 5.81. The molecule has 0 radical (unpaired) electrons. The molecule has 4 aromatic rings. The number of H-pyrrole nitrogens is 1. The number of rotatable bonds is 6. The van der Waals surface area contributed by atoms with Gasteiger partial charge in [0.15, 0.2) is 0 Å². The Morgan fingerprint density at radius 3 is 2.65 bits per heavy atom. The molecule has 0 atom stereocenters. The minimum atomic E-state index is 0.674. The van der Waals surface area contributed by atoms with E-state index in [1.165, 1.54) is 5.56 Å². The zero-order valence-electron chi connectivity index (χ0n) is 17.6. The average Bonchev–Trinajstić information content (AvgIpc) is 3.44. The standard InChI is InChI=1S/C24H26N6O/c1-28-11-13-29(14-12-28)15-18-9-10-30(16-18)20-7-5-19(6-8-20)24-26-22-4-2-3-21(25-17-31)23(22)27-24/h2-10,16-17H,11-15H2,1H3,(H,25,31)(H,26,27). The molecule has 2 N–H and O–H groups in total. The van der Waals surface area contributed by atoms with Crippen molar-refractivity contribution in [1.82, 2.24) is 24.3 Å². The van der Waals surface area contributed by atoms with Crippen LogP contribution in [0.2, 0.25) is 0 Å². The topological polar surface area (TPSA) is 69.2 Å². The van der Waals surface area contributed by atoms with Gasteiger partial charge in [-0.2, -0.15) is 0 Å². The van der Waals surface area contributed by atoms with E-state index < -0.39 is 0 Å². The number of likely N-dealkylation sites (N-methyl/N-ethyl adjacent to an activating group) is 1. The van der Waals surface area contributed by atoms with Gasteiger partial charge in [0.1, 0.15) is 11.3 Å². The molecule has 7 heteroatoms. The van der Waals surface area contributed by atoms with Gasteiger partial charge >= 0.3 is 0 Å². The fraction of sp³-hybridized carbons (Fsp3) is 0.250. The van der Waals surface area contributed by atoms with Crippen LogP contribution in [0.1, 0.15) is 5.56 Å². The second-order valence-electron chi connectivity index (χ2n) is 8.10. The van der Waals surface area contributed by atoms with E-state index in [9.17, 15) is 4.79 Å². The van der Waals surface area contributed by atoms with Gasteiger partial charge in [0.2, 0.25) is 6.41 Å². The number of carbonyl (C=O) groups is 1. The molecule has 2 aromatic heterocycles. The maximum absolute atomic E-state index is 10.8. The van der Waals surface area contributed by atoms with Crippen LogP contribution in [0.25, 0.3) is 28.1 Å². The highest BCUT2D eigenvalue weighted by atomic mass is 16.1. The smallest absolute Gasteiger partial charge is 0.211 e. The van der Waals surface area contributed by atoms with Crippen molar-refractivity contribution < 1.29 is 4.79 Å². The normalized spacial score (nSPS) is 15.4. The molecule has 0 spiro atoms. The largest absolute Gasteiger partial charge is 0.338 e. The Hall–Kier alpha value is -3.42. The molecular weight excluding hydrogens is 388 g/mol. The van der Waals surface area contributed by atoms with Crippen LogP contribution in [-0.4, -0.2) is 64.0 Å². The van der Waals surface area contributed by atoms with Crippen LogP contribution in [0.5, 0.6) is 0 Å². The first-order valence-corrected chi connectivity index (χ1v) is 10.6.